The number of hydrogen-bond donors (Lipinski definition) is 0. The Labute approximate surface area is 184 Å². The molecule has 0 amide bonds. The fourth-order valence-corrected chi connectivity index (χ4v) is 4.17. The molecule has 152 valence electrons. The average Bonchev–Trinajstić information content (AvgIpc) is 2.85. The Morgan fingerprint density at radius 1 is 0.933 bits per heavy atom. The minimum atomic E-state index is -0.0462. The van der Waals surface area contributed by atoms with Crippen LogP contribution in [0.5, 0.6) is 0 Å². The number of nitrogens with zero attached hydrogens (tertiary/aromatic N) is 2. The van der Waals surface area contributed by atoms with Crippen molar-refractivity contribution in [1.82, 2.24) is 0 Å². The third kappa shape index (κ3) is 4.06. The van der Waals surface area contributed by atoms with E-state index in [0.29, 0.717) is 5.02 Å². The molecule has 0 bridgehead atoms. The van der Waals surface area contributed by atoms with Gasteiger partial charge in [0.1, 0.15) is 0 Å². The third-order valence-corrected chi connectivity index (χ3v) is 5.95. The lowest BCUT2D eigenvalue weighted by Crippen LogP contribution is -2.28. The predicted molar refractivity (Wildman–Crippen MR) is 129 cm³/mol. The topological polar surface area (TPSA) is 15.6 Å². The molecule has 2 nitrogen and oxygen atoms in total. The van der Waals surface area contributed by atoms with Crippen LogP contribution in [-0.2, 0) is 6.42 Å². The predicted octanol–water partition coefficient (Wildman–Crippen LogP) is 6.76. The van der Waals surface area contributed by atoms with Gasteiger partial charge in [0.2, 0.25) is 0 Å². The molecule has 3 heteroatoms. The number of aryl methyl sites for hydroxylation is 2. The van der Waals surface area contributed by atoms with Gasteiger partial charge in [0.15, 0.2) is 0 Å². The van der Waals surface area contributed by atoms with E-state index in [-0.39, 0.29) is 6.04 Å². The first-order valence-corrected chi connectivity index (χ1v) is 10.8. The summed E-state index contributed by atoms with van der Waals surface area (Å²) in [7, 11) is 0. The van der Waals surface area contributed by atoms with Gasteiger partial charge in [0.25, 0.3) is 0 Å². The molecular weight excluding hydrogens is 388 g/mol. The van der Waals surface area contributed by atoms with Crippen molar-refractivity contribution in [2.45, 2.75) is 33.2 Å². The fourth-order valence-electron chi connectivity index (χ4n) is 3.99. The minimum absolute atomic E-state index is 0.0462. The maximum Gasteiger partial charge on any atom is 0.0941 e. The zero-order valence-corrected chi connectivity index (χ0v) is 18.6. The van der Waals surface area contributed by atoms with E-state index in [1.165, 1.54) is 16.7 Å². The summed E-state index contributed by atoms with van der Waals surface area (Å²) >= 11 is 6.42. The lowest BCUT2D eigenvalue weighted by Gasteiger charge is -2.28. The molecule has 0 radical (unpaired) electrons. The number of benzene rings is 3. The highest BCUT2D eigenvalue weighted by Crippen LogP contribution is 2.34. The lowest BCUT2D eigenvalue weighted by atomic mass is 9.99. The Balaban J connectivity index is 1.87. The van der Waals surface area contributed by atoms with Gasteiger partial charge in [-0.2, -0.15) is 0 Å². The first-order valence-electron chi connectivity index (χ1n) is 10.4. The van der Waals surface area contributed by atoms with Gasteiger partial charge < -0.3 is 4.90 Å². The van der Waals surface area contributed by atoms with Crippen molar-refractivity contribution < 1.29 is 0 Å². The van der Waals surface area contributed by atoms with Gasteiger partial charge in [-0.15, -0.1) is 0 Å². The molecule has 0 aliphatic carbocycles. The molecule has 0 saturated carbocycles. The zero-order valence-electron chi connectivity index (χ0n) is 17.8. The number of fused-ring (bicyclic) bond motifs is 1. The van der Waals surface area contributed by atoms with Crippen LogP contribution in [0.25, 0.3) is 0 Å². The molecule has 0 saturated heterocycles. The van der Waals surface area contributed by atoms with Crippen LogP contribution >= 0.6 is 11.6 Å². The average molecular weight is 415 g/mol. The van der Waals surface area contributed by atoms with Gasteiger partial charge in [-0.3, -0.25) is 4.99 Å². The summed E-state index contributed by atoms with van der Waals surface area (Å²) in [6.45, 7) is 11.7. The second-order valence-electron chi connectivity index (χ2n) is 7.95. The van der Waals surface area contributed by atoms with Crippen LogP contribution in [0.1, 0.15) is 34.7 Å². The van der Waals surface area contributed by atoms with Crippen LogP contribution < -0.4 is 4.90 Å². The Morgan fingerprint density at radius 3 is 2.20 bits per heavy atom. The maximum atomic E-state index is 6.42. The zero-order chi connectivity index (χ0) is 21.3. The molecule has 1 aliphatic rings. The van der Waals surface area contributed by atoms with Crippen LogP contribution in [0.4, 0.5) is 5.69 Å². The molecule has 3 aromatic rings. The molecular formula is C27H27ClN2. The quantitative estimate of drug-likeness (QED) is 0.460. The smallest absolute Gasteiger partial charge is 0.0941 e. The molecule has 1 aliphatic heterocycles. The van der Waals surface area contributed by atoms with E-state index >= 15 is 0 Å². The van der Waals surface area contributed by atoms with E-state index in [4.69, 9.17) is 16.6 Å². The molecule has 0 fully saturated rings. The van der Waals surface area contributed by atoms with Crippen molar-refractivity contribution >= 4 is 23.0 Å². The summed E-state index contributed by atoms with van der Waals surface area (Å²) in [4.78, 5) is 7.54. The highest BCUT2D eigenvalue weighted by molar-refractivity contribution is 6.31. The molecule has 1 heterocycles. The Bertz CT molecular complexity index is 1090. The number of benzodiazepines with no additional fused rings is 1. The largest absolute Gasteiger partial charge is 0.343 e. The highest BCUT2D eigenvalue weighted by Gasteiger charge is 2.27. The van der Waals surface area contributed by atoms with E-state index in [0.717, 1.165) is 41.2 Å². The number of rotatable bonds is 4. The van der Waals surface area contributed by atoms with Crippen molar-refractivity contribution in [3.05, 3.63) is 112 Å². The number of anilines is 1. The van der Waals surface area contributed by atoms with E-state index in [1.807, 2.05) is 12.1 Å². The summed E-state index contributed by atoms with van der Waals surface area (Å²) < 4.78 is 0. The summed E-state index contributed by atoms with van der Waals surface area (Å²) in [6, 6.07) is 23.3. The number of aliphatic imine (C=N–C) groups is 1. The normalized spacial score (nSPS) is 16.1. The van der Waals surface area contributed by atoms with Gasteiger partial charge in [0.05, 0.1) is 17.4 Å². The van der Waals surface area contributed by atoms with Crippen molar-refractivity contribution in [3.8, 4) is 0 Å². The standard InChI is InChI=1S/C27H27ClN2/c1-5-30-20(4)25(16-21-10-6-18(2)7-11-21)29-27(22-12-8-19(3)9-13-22)24-17-23(28)14-15-26(24)30/h6-15,17,25H,4-5,16H2,1-3H3/t25-/m0/s1. The maximum absolute atomic E-state index is 6.42. The van der Waals surface area contributed by atoms with Gasteiger partial charge in [-0.1, -0.05) is 77.8 Å². The molecule has 3 aromatic carbocycles. The first kappa shape index (κ1) is 20.4. The van der Waals surface area contributed by atoms with Gasteiger partial charge in [-0.25, -0.2) is 0 Å². The second-order valence-corrected chi connectivity index (χ2v) is 8.38. The second kappa shape index (κ2) is 8.49. The van der Waals surface area contributed by atoms with Crippen molar-refractivity contribution in [2.24, 2.45) is 4.99 Å². The van der Waals surface area contributed by atoms with Crippen LogP contribution in [-0.4, -0.2) is 18.3 Å². The third-order valence-electron chi connectivity index (χ3n) is 5.71. The van der Waals surface area contributed by atoms with Crippen LogP contribution in [0, 0.1) is 13.8 Å². The van der Waals surface area contributed by atoms with Crippen molar-refractivity contribution in [2.75, 3.05) is 11.4 Å². The van der Waals surface area contributed by atoms with Crippen LogP contribution in [0.3, 0.4) is 0 Å². The molecule has 0 aromatic heterocycles. The van der Waals surface area contributed by atoms with Gasteiger partial charge in [0, 0.05) is 34.8 Å². The molecule has 30 heavy (non-hydrogen) atoms. The lowest BCUT2D eigenvalue weighted by molar-refractivity contribution is 0.730. The van der Waals surface area contributed by atoms with Gasteiger partial charge in [-0.05, 0) is 44.5 Å². The molecule has 0 spiro atoms. The fraction of sp³-hybridized carbons (Fsp3) is 0.222. The Morgan fingerprint density at radius 2 is 1.57 bits per heavy atom. The summed E-state index contributed by atoms with van der Waals surface area (Å²) in [5.41, 5.74) is 9.01. The van der Waals surface area contributed by atoms with E-state index in [1.54, 1.807) is 0 Å². The number of halogens is 1. The first-order chi connectivity index (χ1) is 14.5. The highest BCUT2D eigenvalue weighted by atomic mass is 35.5. The van der Waals surface area contributed by atoms with E-state index in [2.05, 4.69) is 86.8 Å². The number of likely N-dealkylation sites (N-methyl/N-ethyl adjacent to an activating group) is 1. The molecule has 1 atom stereocenters. The molecule has 0 N–H and O–H groups in total. The molecule has 0 unspecified atom stereocenters. The van der Waals surface area contributed by atoms with Crippen LogP contribution in [0.2, 0.25) is 5.02 Å². The SMILES string of the molecule is C=C1[C@H](Cc2ccc(C)cc2)N=C(c2ccc(C)cc2)c2cc(Cl)ccc2N1CC. The van der Waals surface area contributed by atoms with Crippen LogP contribution in [0.15, 0.2) is 84.0 Å². The number of hydrogen-bond acceptors (Lipinski definition) is 2. The van der Waals surface area contributed by atoms with Gasteiger partial charge >= 0.3 is 0 Å². The Kier molecular flexibility index (Phi) is 5.78. The van der Waals surface area contributed by atoms with E-state index in [9.17, 15) is 0 Å². The van der Waals surface area contributed by atoms with Crippen molar-refractivity contribution in [3.63, 3.8) is 0 Å². The monoisotopic (exact) mass is 414 g/mol. The van der Waals surface area contributed by atoms with E-state index < -0.39 is 0 Å². The molecule has 4 rings (SSSR count). The Hall–Kier alpha value is -2.84. The summed E-state index contributed by atoms with van der Waals surface area (Å²) in [6.07, 6.45) is 0.812. The minimum Gasteiger partial charge on any atom is -0.343 e. The summed E-state index contributed by atoms with van der Waals surface area (Å²) in [5.74, 6) is 0. The van der Waals surface area contributed by atoms with Crippen molar-refractivity contribution in [1.29, 1.82) is 0 Å². The summed E-state index contributed by atoms with van der Waals surface area (Å²) in [5, 5.41) is 0.715.